The topological polar surface area (TPSA) is 12.9 Å². The maximum absolute atomic E-state index is 4.80. The van der Waals surface area contributed by atoms with E-state index < -0.39 is 0 Å². The van der Waals surface area contributed by atoms with E-state index >= 15 is 0 Å². The van der Waals surface area contributed by atoms with Crippen LogP contribution in [0, 0.1) is 6.92 Å². The van der Waals surface area contributed by atoms with E-state index in [0.29, 0.717) is 0 Å². The number of aryl methyl sites for hydroxylation is 1. The molecular weight excluding hydrogens is 338 g/mol. The molecule has 0 saturated carbocycles. The Morgan fingerprint density at radius 2 is 1.84 bits per heavy atom. The van der Waals surface area contributed by atoms with Crippen molar-refractivity contribution in [2.45, 2.75) is 38.2 Å². The zero-order valence-corrected chi connectivity index (χ0v) is 14.9. The summed E-state index contributed by atoms with van der Waals surface area (Å²) < 4.78 is 1.39. The van der Waals surface area contributed by atoms with Gasteiger partial charge < -0.3 is 0 Å². The summed E-state index contributed by atoms with van der Waals surface area (Å²) in [4.78, 5) is 6.09. The van der Waals surface area contributed by atoms with Gasteiger partial charge in [-0.1, -0.05) is 48.8 Å². The van der Waals surface area contributed by atoms with E-state index in [4.69, 9.17) is 4.98 Å². The summed E-state index contributed by atoms with van der Waals surface area (Å²) in [6.45, 7) is 8.88. The van der Waals surface area contributed by atoms with Gasteiger partial charge in [-0.3, -0.25) is 0 Å². The van der Waals surface area contributed by atoms with Crippen LogP contribution in [0.15, 0.2) is 28.7 Å². The number of benzene rings is 1. The van der Waals surface area contributed by atoms with E-state index in [1.54, 1.807) is 0 Å². The monoisotopic (exact) mass is 355 g/mol. The molecule has 0 unspecified atom stereocenters. The van der Waals surface area contributed by atoms with E-state index in [9.17, 15) is 0 Å². The molecule has 1 heterocycles. The number of thioether (sulfide) groups is 1. The van der Waals surface area contributed by atoms with Crippen LogP contribution in [0.2, 0.25) is 0 Å². The lowest BCUT2D eigenvalue weighted by Gasteiger charge is -2.16. The highest BCUT2D eigenvalue weighted by atomic mass is 79.9. The number of hydrogen-bond donors (Lipinski definition) is 0. The molecule has 2 aromatic rings. The minimum Gasteiger partial charge on any atom is -0.240 e. The molecule has 102 valence electrons. The fourth-order valence-electron chi connectivity index (χ4n) is 1.67. The fourth-order valence-corrected chi connectivity index (χ4v) is 3.72. The second kappa shape index (κ2) is 5.98. The van der Waals surface area contributed by atoms with Crippen molar-refractivity contribution >= 4 is 39.0 Å². The lowest BCUT2D eigenvalue weighted by atomic mass is 10.1. The second-order valence-electron chi connectivity index (χ2n) is 5.42. The summed E-state index contributed by atoms with van der Waals surface area (Å²) in [6, 6.07) is 8.37. The van der Waals surface area contributed by atoms with E-state index in [1.807, 2.05) is 23.1 Å². The molecule has 0 spiro atoms. The summed E-state index contributed by atoms with van der Waals surface area (Å²) in [7, 11) is 0. The van der Waals surface area contributed by atoms with Crippen LogP contribution >= 0.6 is 39.0 Å². The molecule has 19 heavy (non-hydrogen) atoms. The smallest absolute Gasteiger partial charge is 0.103 e. The van der Waals surface area contributed by atoms with Crippen LogP contribution in [0.5, 0.6) is 0 Å². The average molecular weight is 356 g/mol. The van der Waals surface area contributed by atoms with E-state index in [0.717, 1.165) is 15.9 Å². The van der Waals surface area contributed by atoms with Crippen LogP contribution in [0.4, 0.5) is 0 Å². The Hall–Kier alpha value is -0.320. The normalized spacial score (nSPS) is 11.8. The van der Waals surface area contributed by atoms with E-state index in [-0.39, 0.29) is 4.75 Å². The molecule has 0 aliphatic heterocycles. The largest absolute Gasteiger partial charge is 0.240 e. The Morgan fingerprint density at radius 3 is 2.42 bits per heavy atom. The van der Waals surface area contributed by atoms with Gasteiger partial charge in [0.05, 0.1) is 5.69 Å². The summed E-state index contributed by atoms with van der Waals surface area (Å²) in [5.41, 5.74) is 2.32. The lowest BCUT2D eigenvalue weighted by molar-refractivity contribution is 0.802. The van der Waals surface area contributed by atoms with E-state index in [1.165, 1.54) is 15.4 Å². The highest BCUT2D eigenvalue weighted by molar-refractivity contribution is 9.10. The molecule has 2 rings (SSSR count). The van der Waals surface area contributed by atoms with Gasteiger partial charge in [-0.25, -0.2) is 4.98 Å². The van der Waals surface area contributed by atoms with Gasteiger partial charge in [-0.05, 0) is 19.1 Å². The van der Waals surface area contributed by atoms with Gasteiger partial charge in [0.2, 0.25) is 0 Å². The van der Waals surface area contributed by atoms with Crippen molar-refractivity contribution in [1.82, 2.24) is 4.98 Å². The molecular formula is C15H18BrNS2. The third-order valence-corrected chi connectivity index (χ3v) is 5.55. The molecule has 4 heteroatoms. The minimum absolute atomic E-state index is 0.289. The van der Waals surface area contributed by atoms with Crippen molar-refractivity contribution in [2.75, 3.05) is 0 Å². The summed E-state index contributed by atoms with van der Waals surface area (Å²) >= 11 is 7.22. The number of rotatable bonds is 3. The Bertz CT molecular complexity index is 553. The standard InChI is InChI=1S/C15H18BrNS2/c1-10-14(11-5-7-12(16)8-6-11)17-13(19-10)9-18-15(2,3)4/h5-8H,9H2,1-4H3. The summed E-state index contributed by atoms with van der Waals surface area (Å²) in [6.07, 6.45) is 0. The maximum atomic E-state index is 4.80. The van der Waals surface area contributed by atoms with Crippen molar-refractivity contribution in [3.8, 4) is 11.3 Å². The predicted molar refractivity (Wildman–Crippen MR) is 91.0 cm³/mol. The predicted octanol–water partition coefficient (Wildman–Crippen LogP) is 5.91. The number of thiazole rings is 1. The number of nitrogens with zero attached hydrogens (tertiary/aromatic N) is 1. The maximum Gasteiger partial charge on any atom is 0.103 e. The zero-order chi connectivity index (χ0) is 14.0. The van der Waals surface area contributed by atoms with Crippen molar-refractivity contribution in [1.29, 1.82) is 0 Å². The second-order valence-corrected chi connectivity index (χ2v) is 9.43. The third kappa shape index (κ3) is 4.33. The molecule has 0 aliphatic rings. The first-order valence-electron chi connectivity index (χ1n) is 6.21. The van der Waals surface area contributed by atoms with Crippen LogP contribution in [-0.2, 0) is 5.75 Å². The molecule has 0 fully saturated rings. The Kier molecular flexibility index (Phi) is 4.75. The average Bonchev–Trinajstić information content (AvgIpc) is 2.68. The first kappa shape index (κ1) is 15.1. The van der Waals surface area contributed by atoms with Gasteiger partial charge in [0, 0.05) is 25.4 Å². The first-order valence-corrected chi connectivity index (χ1v) is 8.81. The van der Waals surface area contributed by atoms with Gasteiger partial charge in [-0.2, -0.15) is 0 Å². The first-order chi connectivity index (χ1) is 8.85. The SMILES string of the molecule is Cc1sc(CSC(C)(C)C)nc1-c1ccc(Br)cc1. The van der Waals surface area contributed by atoms with Crippen molar-refractivity contribution in [3.05, 3.63) is 38.6 Å². The molecule has 0 N–H and O–H groups in total. The zero-order valence-electron chi connectivity index (χ0n) is 11.7. The third-order valence-electron chi connectivity index (χ3n) is 2.59. The van der Waals surface area contributed by atoms with Crippen LogP contribution in [0.25, 0.3) is 11.3 Å². The quantitative estimate of drug-likeness (QED) is 0.678. The highest BCUT2D eigenvalue weighted by Gasteiger charge is 2.14. The van der Waals surface area contributed by atoms with Gasteiger partial charge in [0.15, 0.2) is 0 Å². The fraction of sp³-hybridized carbons (Fsp3) is 0.400. The molecule has 0 saturated heterocycles. The summed E-state index contributed by atoms with van der Waals surface area (Å²) in [5, 5.41) is 1.22. The molecule has 0 radical (unpaired) electrons. The van der Waals surface area contributed by atoms with Crippen molar-refractivity contribution in [2.24, 2.45) is 0 Å². The van der Waals surface area contributed by atoms with Crippen LogP contribution in [-0.4, -0.2) is 9.73 Å². The van der Waals surface area contributed by atoms with Gasteiger partial charge in [-0.15, -0.1) is 23.1 Å². The van der Waals surface area contributed by atoms with Gasteiger partial charge >= 0.3 is 0 Å². The van der Waals surface area contributed by atoms with E-state index in [2.05, 4.69) is 67.9 Å². The molecule has 0 bridgehead atoms. The molecule has 1 aromatic carbocycles. The lowest BCUT2D eigenvalue weighted by Crippen LogP contribution is -2.07. The highest BCUT2D eigenvalue weighted by Crippen LogP contribution is 2.33. The molecule has 0 amide bonds. The van der Waals surface area contributed by atoms with Gasteiger partial charge in [0.25, 0.3) is 0 Å². The number of hydrogen-bond acceptors (Lipinski definition) is 3. The van der Waals surface area contributed by atoms with Crippen LogP contribution in [0.1, 0.15) is 30.7 Å². The molecule has 0 aliphatic carbocycles. The van der Waals surface area contributed by atoms with Crippen LogP contribution < -0.4 is 0 Å². The number of halogens is 1. The van der Waals surface area contributed by atoms with Crippen molar-refractivity contribution < 1.29 is 0 Å². The van der Waals surface area contributed by atoms with Crippen LogP contribution in [0.3, 0.4) is 0 Å². The van der Waals surface area contributed by atoms with Crippen molar-refractivity contribution in [3.63, 3.8) is 0 Å². The summed E-state index contributed by atoms with van der Waals surface area (Å²) in [5.74, 6) is 0.992. The Balaban J connectivity index is 2.19. The Morgan fingerprint density at radius 1 is 1.21 bits per heavy atom. The van der Waals surface area contributed by atoms with Gasteiger partial charge in [0.1, 0.15) is 5.01 Å². The molecule has 1 aromatic heterocycles. The minimum atomic E-state index is 0.289. The Labute approximate surface area is 132 Å². The number of aromatic nitrogens is 1. The molecule has 1 nitrogen and oxygen atoms in total. The molecule has 0 atom stereocenters.